The maximum absolute atomic E-state index is 5.14. The third-order valence-corrected chi connectivity index (χ3v) is 3.33. The van der Waals surface area contributed by atoms with Gasteiger partial charge < -0.3 is 15.2 Å². The maximum Gasteiger partial charge on any atom is 0.190 e. The summed E-state index contributed by atoms with van der Waals surface area (Å²) in [6, 6.07) is 0. The van der Waals surface area contributed by atoms with Crippen LogP contribution in [0.4, 0.5) is 0 Å². The fourth-order valence-electron chi connectivity index (χ4n) is 1.95. The number of aromatic nitrogens is 1. The molecule has 0 aromatic carbocycles. The lowest BCUT2D eigenvalue weighted by Crippen LogP contribution is -2.39. The Morgan fingerprint density at radius 1 is 1.37 bits per heavy atom. The predicted octanol–water partition coefficient (Wildman–Crippen LogP) is 2.03. The molecule has 1 aliphatic carbocycles. The molecular formula is C13H23IN4O. The minimum absolute atomic E-state index is 0. The Labute approximate surface area is 131 Å². The van der Waals surface area contributed by atoms with E-state index in [1.54, 1.807) is 7.05 Å². The SMILES string of the molecule is CN=C(NCCc1c(C)noc1C)NCC1CC1.I. The van der Waals surface area contributed by atoms with Gasteiger partial charge >= 0.3 is 0 Å². The lowest BCUT2D eigenvalue weighted by molar-refractivity contribution is 0.392. The van der Waals surface area contributed by atoms with E-state index in [1.807, 2.05) is 13.8 Å². The normalized spacial score (nSPS) is 15.0. The van der Waals surface area contributed by atoms with E-state index in [2.05, 4.69) is 20.8 Å². The highest BCUT2D eigenvalue weighted by Crippen LogP contribution is 2.27. The molecule has 0 saturated heterocycles. The van der Waals surface area contributed by atoms with Gasteiger partial charge in [0.15, 0.2) is 5.96 Å². The van der Waals surface area contributed by atoms with Gasteiger partial charge in [0.25, 0.3) is 0 Å². The van der Waals surface area contributed by atoms with E-state index in [0.29, 0.717) is 0 Å². The summed E-state index contributed by atoms with van der Waals surface area (Å²) in [7, 11) is 1.80. The first-order valence-electron chi connectivity index (χ1n) is 6.57. The van der Waals surface area contributed by atoms with Gasteiger partial charge in [-0.2, -0.15) is 0 Å². The number of hydrogen-bond donors (Lipinski definition) is 2. The third-order valence-electron chi connectivity index (χ3n) is 3.33. The standard InChI is InChI=1S/C13H22N4O.HI/c1-9-12(10(2)18-17-9)6-7-15-13(14-3)16-8-11-4-5-11;/h11H,4-8H2,1-3H3,(H2,14,15,16);1H. The Kier molecular flexibility index (Phi) is 6.60. The van der Waals surface area contributed by atoms with Crippen LogP contribution in [-0.4, -0.2) is 31.3 Å². The molecule has 6 heteroatoms. The van der Waals surface area contributed by atoms with Crippen LogP contribution in [0.3, 0.4) is 0 Å². The number of hydrogen-bond acceptors (Lipinski definition) is 3. The van der Waals surface area contributed by atoms with E-state index in [1.165, 1.54) is 18.4 Å². The van der Waals surface area contributed by atoms with Crippen molar-refractivity contribution >= 4 is 29.9 Å². The van der Waals surface area contributed by atoms with Crippen LogP contribution < -0.4 is 10.6 Å². The van der Waals surface area contributed by atoms with Gasteiger partial charge in [0.2, 0.25) is 0 Å². The van der Waals surface area contributed by atoms with Gasteiger partial charge in [0.05, 0.1) is 5.69 Å². The van der Waals surface area contributed by atoms with E-state index in [-0.39, 0.29) is 24.0 Å². The van der Waals surface area contributed by atoms with Gasteiger partial charge in [-0.3, -0.25) is 4.99 Å². The van der Waals surface area contributed by atoms with Crippen molar-refractivity contribution < 1.29 is 4.52 Å². The molecular weight excluding hydrogens is 355 g/mol. The van der Waals surface area contributed by atoms with Crippen molar-refractivity contribution in [2.24, 2.45) is 10.9 Å². The summed E-state index contributed by atoms with van der Waals surface area (Å²) in [5.41, 5.74) is 2.18. The summed E-state index contributed by atoms with van der Waals surface area (Å²) in [6.45, 7) is 5.81. The zero-order valence-electron chi connectivity index (χ0n) is 11.8. The van der Waals surface area contributed by atoms with E-state index in [4.69, 9.17) is 4.52 Å². The van der Waals surface area contributed by atoms with Crippen molar-refractivity contribution in [2.75, 3.05) is 20.1 Å². The van der Waals surface area contributed by atoms with Crippen molar-refractivity contribution in [1.29, 1.82) is 0 Å². The summed E-state index contributed by atoms with van der Waals surface area (Å²) in [4.78, 5) is 4.21. The van der Waals surface area contributed by atoms with Gasteiger partial charge in [0, 0.05) is 25.7 Å². The van der Waals surface area contributed by atoms with E-state index >= 15 is 0 Å². The molecule has 108 valence electrons. The molecule has 1 saturated carbocycles. The minimum atomic E-state index is 0. The molecule has 0 amide bonds. The van der Waals surface area contributed by atoms with E-state index in [0.717, 1.165) is 42.8 Å². The van der Waals surface area contributed by atoms with Gasteiger partial charge in [-0.05, 0) is 39.0 Å². The fraction of sp³-hybridized carbons (Fsp3) is 0.692. The number of aliphatic imine (C=N–C) groups is 1. The Balaban J connectivity index is 0.00000180. The quantitative estimate of drug-likeness (QED) is 0.468. The molecule has 1 heterocycles. The minimum Gasteiger partial charge on any atom is -0.361 e. The average Bonchev–Trinajstić information content (AvgIpc) is 3.14. The van der Waals surface area contributed by atoms with Gasteiger partial charge in [-0.25, -0.2) is 0 Å². The first-order valence-corrected chi connectivity index (χ1v) is 6.57. The number of nitrogens with one attached hydrogen (secondary N) is 2. The van der Waals surface area contributed by atoms with Crippen LogP contribution in [0.5, 0.6) is 0 Å². The van der Waals surface area contributed by atoms with Crippen LogP contribution in [0, 0.1) is 19.8 Å². The average molecular weight is 378 g/mol. The smallest absolute Gasteiger partial charge is 0.190 e. The Morgan fingerprint density at radius 3 is 2.63 bits per heavy atom. The van der Waals surface area contributed by atoms with Crippen molar-refractivity contribution in [2.45, 2.75) is 33.1 Å². The summed E-state index contributed by atoms with van der Waals surface area (Å²) >= 11 is 0. The lowest BCUT2D eigenvalue weighted by Gasteiger charge is -2.11. The molecule has 0 aliphatic heterocycles. The fourth-order valence-corrected chi connectivity index (χ4v) is 1.95. The molecule has 0 unspecified atom stereocenters. The first-order chi connectivity index (χ1) is 8.70. The van der Waals surface area contributed by atoms with E-state index in [9.17, 15) is 0 Å². The maximum atomic E-state index is 5.14. The topological polar surface area (TPSA) is 62.5 Å². The molecule has 1 fully saturated rings. The summed E-state index contributed by atoms with van der Waals surface area (Å²) in [5.74, 6) is 2.65. The summed E-state index contributed by atoms with van der Waals surface area (Å²) < 4.78 is 5.14. The van der Waals surface area contributed by atoms with Crippen LogP contribution in [0.2, 0.25) is 0 Å². The van der Waals surface area contributed by atoms with Crippen LogP contribution in [0.15, 0.2) is 9.52 Å². The zero-order chi connectivity index (χ0) is 13.0. The van der Waals surface area contributed by atoms with Crippen molar-refractivity contribution in [3.05, 3.63) is 17.0 Å². The lowest BCUT2D eigenvalue weighted by atomic mass is 10.1. The molecule has 2 N–H and O–H groups in total. The first kappa shape index (κ1) is 16.3. The highest BCUT2D eigenvalue weighted by Gasteiger charge is 2.21. The summed E-state index contributed by atoms with van der Waals surface area (Å²) in [5, 5.41) is 10.6. The number of halogens is 1. The second-order valence-electron chi connectivity index (χ2n) is 4.88. The van der Waals surface area contributed by atoms with Gasteiger partial charge in [-0.1, -0.05) is 5.16 Å². The van der Waals surface area contributed by atoms with E-state index < -0.39 is 0 Å². The molecule has 1 aliphatic rings. The largest absolute Gasteiger partial charge is 0.361 e. The second kappa shape index (κ2) is 7.72. The number of aryl methyl sites for hydroxylation is 2. The van der Waals surface area contributed by atoms with Crippen LogP contribution in [0.25, 0.3) is 0 Å². The van der Waals surface area contributed by atoms with Crippen molar-refractivity contribution in [1.82, 2.24) is 15.8 Å². The second-order valence-corrected chi connectivity index (χ2v) is 4.88. The van der Waals surface area contributed by atoms with Crippen LogP contribution >= 0.6 is 24.0 Å². The van der Waals surface area contributed by atoms with Crippen molar-refractivity contribution in [3.63, 3.8) is 0 Å². The number of guanidine groups is 1. The molecule has 0 spiro atoms. The van der Waals surface area contributed by atoms with Gasteiger partial charge in [0.1, 0.15) is 5.76 Å². The predicted molar refractivity (Wildman–Crippen MR) is 87.2 cm³/mol. The van der Waals surface area contributed by atoms with Crippen molar-refractivity contribution in [3.8, 4) is 0 Å². The Hall–Kier alpha value is -0.790. The number of nitrogens with zero attached hydrogens (tertiary/aromatic N) is 2. The molecule has 0 radical (unpaired) electrons. The molecule has 0 atom stereocenters. The highest BCUT2D eigenvalue weighted by molar-refractivity contribution is 14.0. The Morgan fingerprint density at radius 2 is 2.11 bits per heavy atom. The summed E-state index contributed by atoms with van der Waals surface area (Å²) in [6.07, 6.45) is 3.61. The monoisotopic (exact) mass is 378 g/mol. The number of rotatable bonds is 5. The van der Waals surface area contributed by atoms with Crippen LogP contribution in [-0.2, 0) is 6.42 Å². The molecule has 0 bridgehead atoms. The molecule has 2 rings (SSSR count). The van der Waals surface area contributed by atoms with Crippen LogP contribution in [0.1, 0.15) is 29.9 Å². The third kappa shape index (κ3) is 5.00. The molecule has 19 heavy (non-hydrogen) atoms. The molecule has 1 aromatic heterocycles. The molecule has 1 aromatic rings. The van der Waals surface area contributed by atoms with Gasteiger partial charge in [-0.15, -0.1) is 24.0 Å². The highest BCUT2D eigenvalue weighted by atomic mass is 127. The zero-order valence-corrected chi connectivity index (χ0v) is 14.2. The Bertz CT molecular complexity index is 407. The molecule has 5 nitrogen and oxygen atoms in total.